The molecule has 0 radical (unpaired) electrons. The molecule has 0 amide bonds. The van der Waals surface area contributed by atoms with Gasteiger partial charge >= 0.3 is 0 Å². The Hall–Kier alpha value is -1.96. The Morgan fingerprint density at radius 3 is 1.54 bits per heavy atom. The van der Waals surface area contributed by atoms with E-state index in [4.69, 9.17) is 0 Å². The number of hydrogen-bond acceptors (Lipinski definition) is 2. The standard InChI is InChI=1S/C26H36O2/c1-5-10-20-16-22(14-18(3)24(20)27)26(12-8-7-9-13-26)23-15-19(4)25(28)21(17-23)11-6-2/h14-17,27-28H,5-13H2,1-4H3. The average Bonchev–Trinajstić information content (AvgIpc) is 2.69. The van der Waals surface area contributed by atoms with Gasteiger partial charge in [0.05, 0.1) is 0 Å². The second-order valence-electron chi connectivity index (χ2n) is 8.74. The van der Waals surface area contributed by atoms with E-state index in [0.717, 1.165) is 60.8 Å². The van der Waals surface area contributed by atoms with Crippen LogP contribution in [0.5, 0.6) is 11.5 Å². The molecule has 0 aromatic heterocycles. The minimum Gasteiger partial charge on any atom is -0.507 e. The lowest BCUT2D eigenvalue weighted by molar-refractivity contribution is 0.344. The molecule has 0 spiro atoms. The van der Waals surface area contributed by atoms with E-state index in [-0.39, 0.29) is 5.41 Å². The molecule has 0 atom stereocenters. The third-order valence-electron chi connectivity index (χ3n) is 6.61. The first-order valence-corrected chi connectivity index (χ1v) is 11.1. The van der Waals surface area contributed by atoms with Gasteiger partial charge in [-0.1, -0.05) is 70.2 Å². The summed E-state index contributed by atoms with van der Waals surface area (Å²) in [6.45, 7) is 8.38. The zero-order valence-electron chi connectivity index (χ0n) is 18.1. The first-order valence-electron chi connectivity index (χ1n) is 11.1. The van der Waals surface area contributed by atoms with Gasteiger partial charge in [-0.3, -0.25) is 0 Å². The van der Waals surface area contributed by atoms with Crippen LogP contribution in [0.25, 0.3) is 0 Å². The molecule has 0 heterocycles. The maximum atomic E-state index is 10.6. The molecule has 1 fully saturated rings. The second kappa shape index (κ2) is 8.59. The molecule has 1 aliphatic rings. The van der Waals surface area contributed by atoms with Gasteiger partial charge in [-0.25, -0.2) is 0 Å². The highest BCUT2D eigenvalue weighted by Gasteiger charge is 2.37. The number of benzene rings is 2. The van der Waals surface area contributed by atoms with E-state index in [1.165, 1.54) is 30.4 Å². The number of hydrogen-bond donors (Lipinski definition) is 2. The number of phenolic OH excluding ortho intramolecular Hbond substituents is 2. The fourth-order valence-corrected chi connectivity index (χ4v) is 5.08. The highest BCUT2D eigenvalue weighted by atomic mass is 16.3. The van der Waals surface area contributed by atoms with Crippen LogP contribution >= 0.6 is 0 Å². The van der Waals surface area contributed by atoms with E-state index in [1.54, 1.807) is 0 Å². The average molecular weight is 381 g/mol. The summed E-state index contributed by atoms with van der Waals surface area (Å²) in [5, 5.41) is 21.1. The van der Waals surface area contributed by atoms with Gasteiger partial charge < -0.3 is 10.2 Å². The monoisotopic (exact) mass is 380 g/mol. The fourth-order valence-electron chi connectivity index (χ4n) is 5.08. The van der Waals surface area contributed by atoms with Crippen LogP contribution in [-0.2, 0) is 18.3 Å². The van der Waals surface area contributed by atoms with Gasteiger partial charge in [-0.15, -0.1) is 0 Å². The summed E-state index contributed by atoms with van der Waals surface area (Å²) >= 11 is 0. The van der Waals surface area contributed by atoms with E-state index >= 15 is 0 Å². The summed E-state index contributed by atoms with van der Waals surface area (Å²) in [5.41, 5.74) is 6.79. The van der Waals surface area contributed by atoms with Crippen molar-refractivity contribution in [3.8, 4) is 11.5 Å². The molecule has 2 N–H and O–H groups in total. The molecule has 1 saturated carbocycles. The van der Waals surface area contributed by atoms with Crippen LogP contribution in [0.4, 0.5) is 0 Å². The summed E-state index contributed by atoms with van der Waals surface area (Å²) in [4.78, 5) is 0. The van der Waals surface area contributed by atoms with Gasteiger partial charge in [-0.05, 0) is 72.9 Å². The summed E-state index contributed by atoms with van der Waals surface area (Å²) in [5.74, 6) is 0.926. The zero-order valence-corrected chi connectivity index (χ0v) is 18.1. The molecule has 0 bridgehead atoms. The van der Waals surface area contributed by atoms with Crippen molar-refractivity contribution in [3.63, 3.8) is 0 Å². The molecule has 0 aliphatic heterocycles. The minimum atomic E-state index is -0.0137. The van der Waals surface area contributed by atoms with E-state index in [9.17, 15) is 10.2 Å². The smallest absolute Gasteiger partial charge is 0.121 e. The topological polar surface area (TPSA) is 40.5 Å². The van der Waals surface area contributed by atoms with Crippen molar-refractivity contribution in [3.05, 3.63) is 57.6 Å². The van der Waals surface area contributed by atoms with Crippen molar-refractivity contribution in [1.29, 1.82) is 0 Å². The van der Waals surface area contributed by atoms with Crippen molar-refractivity contribution in [1.82, 2.24) is 0 Å². The van der Waals surface area contributed by atoms with Crippen LogP contribution < -0.4 is 0 Å². The third kappa shape index (κ3) is 3.79. The number of aryl methyl sites for hydroxylation is 4. The van der Waals surface area contributed by atoms with Crippen LogP contribution in [0.15, 0.2) is 24.3 Å². The third-order valence-corrected chi connectivity index (χ3v) is 6.61. The van der Waals surface area contributed by atoms with Crippen molar-refractivity contribution >= 4 is 0 Å². The molecule has 2 heteroatoms. The van der Waals surface area contributed by atoms with Gasteiger partial charge in [0.25, 0.3) is 0 Å². The largest absolute Gasteiger partial charge is 0.507 e. The van der Waals surface area contributed by atoms with Crippen LogP contribution in [0.2, 0.25) is 0 Å². The Morgan fingerprint density at radius 2 is 1.14 bits per heavy atom. The molecule has 28 heavy (non-hydrogen) atoms. The van der Waals surface area contributed by atoms with Crippen molar-refractivity contribution in [2.75, 3.05) is 0 Å². The Balaban J connectivity index is 2.20. The van der Waals surface area contributed by atoms with Crippen LogP contribution in [0, 0.1) is 13.8 Å². The van der Waals surface area contributed by atoms with Gasteiger partial charge in [-0.2, -0.15) is 0 Å². The lowest BCUT2D eigenvalue weighted by Gasteiger charge is -2.40. The first kappa shape index (κ1) is 20.8. The summed E-state index contributed by atoms with van der Waals surface area (Å²) in [6, 6.07) is 8.95. The summed E-state index contributed by atoms with van der Waals surface area (Å²) in [7, 11) is 0. The predicted molar refractivity (Wildman–Crippen MR) is 118 cm³/mol. The molecule has 152 valence electrons. The van der Waals surface area contributed by atoms with E-state index < -0.39 is 0 Å². The maximum absolute atomic E-state index is 10.6. The maximum Gasteiger partial charge on any atom is 0.121 e. The highest BCUT2D eigenvalue weighted by Crippen LogP contribution is 2.47. The van der Waals surface area contributed by atoms with Crippen molar-refractivity contribution in [2.45, 2.75) is 90.9 Å². The zero-order chi connectivity index (χ0) is 20.3. The van der Waals surface area contributed by atoms with Gasteiger partial charge in [0, 0.05) is 5.41 Å². The Morgan fingerprint density at radius 1 is 0.714 bits per heavy atom. The molecule has 0 saturated heterocycles. The Bertz CT molecular complexity index is 765. The molecule has 0 unspecified atom stereocenters. The molecular weight excluding hydrogens is 344 g/mol. The van der Waals surface area contributed by atoms with Crippen molar-refractivity contribution < 1.29 is 10.2 Å². The molecule has 2 nitrogen and oxygen atoms in total. The Labute approximate surface area is 170 Å². The lowest BCUT2D eigenvalue weighted by Crippen LogP contribution is -2.31. The predicted octanol–water partition coefficient (Wildman–Crippen LogP) is 6.87. The number of phenols is 2. The number of aromatic hydroxyl groups is 2. The normalized spacial score (nSPS) is 16.3. The molecule has 3 rings (SSSR count). The molecule has 1 aliphatic carbocycles. The fraction of sp³-hybridized carbons (Fsp3) is 0.538. The quantitative estimate of drug-likeness (QED) is 0.574. The molecule has 2 aromatic carbocycles. The SMILES string of the molecule is CCCc1cc(C2(c3cc(C)c(O)c(CCC)c3)CCCCC2)cc(C)c1O. The Kier molecular flexibility index (Phi) is 6.37. The van der Waals surface area contributed by atoms with E-state index in [0.29, 0.717) is 11.5 Å². The van der Waals surface area contributed by atoms with Crippen molar-refractivity contribution in [2.24, 2.45) is 0 Å². The second-order valence-corrected chi connectivity index (χ2v) is 8.74. The highest BCUT2D eigenvalue weighted by molar-refractivity contribution is 5.53. The molecular formula is C26H36O2. The van der Waals surface area contributed by atoms with E-state index in [1.807, 2.05) is 13.8 Å². The number of rotatable bonds is 6. The van der Waals surface area contributed by atoms with Crippen LogP contribution in [0.1, 0.15) is 92.2 Å². The van der Waals surface area contributed by atoms with Gasteiger partial charge in [0.15, 0.2) is 0 Å². The van der Waals surface area contributed by atoms with Crippen LogP contribution in [0.3, 0.4) is 0 Å². The van der Waals surface area contributed by atoms with Gasteiger partial charge in [0.2, 0.25) is 0 Å². The first-order chi connectivity index (χ1) is 13.4. The lowest BCUT2D eigenvalue weighted by atomic mass is 9.64. The minimum absolute atomic E-state index is 0.0137. The van der Waals surface area contributed by atoms with Gasteiger partial charge in [0.1, 0.15) is 11.5 Å². The summed E-state index contributed by atoms with van der Waals surface area (Å²) < 4.78 is 0. The van der Waals surface area contributed by atoms with Crippen LogP contribution in [-0.4, -0.2) is 10.2 Å². The molecule has 2 aromatic rings. The summed E-state index contributed by atoms with van der Waals surface area (Å²) in [6.07, 6.45) is 9.90. The van der Waals surface area contributed by atoms with E-state index in [2.05, 4.69) is 38.1 Å².